The number of thioether (sulfide) groups is 1. The summed E-state index contributed by atoms with van der Waals surface area (Å²) in [5, 5.41) is 0.672. The van der Waals surface area contributed by atoms with Gasteiger partial charge in [-0.15, -0.1) is 0 Å². The largest absolute Gasteiger partial charge is 0.488 e. The molecule has 0 saturated carbocycles. The molecule has 3 aromatic carbocycles. The molecule has 1 aliphatic heterocycles. The van der Waals surface area contributed by atoms with E-state index in [9.17, 15) is 9.18 Å². The Hall–Kier alpha value is -2.90. The van der Waals surface area contributed by atoms with Crippen molar-refractivity contribution in [1.29, 1.82) is 0 Å². The molecule has 7 heteroatoms. The van der Waals surface area contributed by atoms with Gasteiger partial charge in [-0.25, -0.2) is 9.38 Å². The second kappa shape index (κ2) is 10.4. The highest BCUT2D eigenvalue weighted by Crippen LogP contribution is 2.36. The number of ether oxygens (including phenoxy) is 1. The van der Waals surface area contributed by atoms with Crippen LogP contribution in [0.5, 0.6) is 5.75 Å². The Kier molecular flexibility index (Phi) is 7.30. The normalized spacial score (nSPS) is 16.3. The molecule has 0 radical (unpaired) electrons. The van der Waals surface area contributed by atoms with Crippen LogP contribution in [-0.2, 0) is 11.4 Å². The van der Waals surface area contributed by atoms with Crippen LogP contribution in [0.1, 0.15) is 25.0 Å². The Morgan fingerprint density at radius 3 is 2.48 bits per heavy atom. The van der Waals surface area contributed by atoms with Crippen molar-refractivity contribution in [2.75, 3.05) is 0 Å². The van der Waals surface area contributed by atoms with E-state index >= 15 is 0 Å². The first-order valence-corrected chi connectivity index (χ1v) is 12.1. The minimum atomic E-state index is -0.273. The maximum absolute atomic E-state index is 13.1. The number of halogens is 2. The molecule has 0 atom stereocenters. The van der Waals surface area contributed by atoms with E-state index in [1.165, 1.54) is 23.9 Å². The van der Waals surface area contributed by atoms with Crippen molar-refractivity contribution < 1.29 is 13.9 Å². The quantitative estimate of drug-likeness (QED) is 0.320. The second-order valence-corrected chi connectivity index (χ2v) is 9.58. The Labute approximate surface area is 205 Å². The van der Waals surface area contributed by atoms with Gasteiger partial charge in [-0.2, -0.15) is 0 Å². The van der Waals surface area contributed by atoms with E-state index in [-0.39, 0.29) is 17.8 Å². The molecule has 0 bridgehead atoms. The van der Waals surface area contributed by atoms with Crippen molar-refractivity contribution >= 4 is 50.5 Å². The summed E-state index contributed by atoms with van der Waals surface area (Å²) in [5.74, 6) is 0.337. The fourth-order valence-corrected chi connectivity index (χ4v) is 4.88. The van der Waals surface area contributed by atoms with E-state index in [1.54, 1.807) is 17.0 Å². The van der Waals surface area contributed by atoms with Crippen LogP contribution in [0.2, 0.25) is 0 Å². The molecule has 0 aromatic heterocycles. The van der Waals surface area contributed by atoms with Gasteiger partial charge in [0, 0.05) is 6.04 Å². The summed E-state index contributed by atoms with van der Waals surface area (Å²) in [6, 6.07) is 21.5. The van der Waals surface area contributed by atoms with Crippen molar-refractivity contribution in [3.8, 4) is 5.75 Å². The summed E-state index contributed by atoms with van der Waals surface area (Å²) in [7, 11) is 0. The summed E-state index contributed by atoms with van der Waals surface area (Å²) in [4.78, 5) is 20.1. The number of rotatable bonds is 6. The third-order valence-electron chi connectivity index (χ3n) is 4.90. The summed E-state index contributed by atoms with van der Waals surface area (Å²) in [6.45, 7) is 4.29. The molecule has 1 amide bonds. The number of amides is 1. The second-order valence-electron chi connectivity index (χ2n) is 7.71. The molecular weight excluding hydrogens is 503 g/mol. The smallest absolute Gasteiger partial charge is 0.266 e. The van der Waals surface area contributed by atoms with E-state index in [4.69, 9.17) is 4.74 Å². The summed E-state index contributed by atoms with van der Waals surface area (Å²) in [5.41, 5.74) is 2.56. The highest BCUT2D eigenvalue weighted by atomic mass is 79.9. The number of nitrogens with zero attached hydrogens (tertiary/aromatic N) is 2. The third kappa shape index (κ3) is 5.72. The highest BCUT2D eigenvalue weighted by molar-refractivity contribution is 9.10. The van der Waals surface area contributed by atoms with Gasteiger partial charge in [-0.3, -0.25) is 9.69 Å². The molecule has 0 unspecified atom stereocenters. The zero-order valence-corrected chi connectivity index (χ0v) is 20.6. The molecule has 33 heavy (non-hydrogen) atoms. The van der Waals surface area contributed by atoms with Crippen molar-refractivity contribution in [2.24, 2.45) is 4.99 Å². The topological polar surface area (TPSA) is 41.9 Å². The summed E-state index contributed by atoms with van der Waals surface area (Å²) in [6.07, 6.45) is 1.87. The van der Waals surface area contributed by atoms with Crippen molar-refractivity contribution in [3.63, 3.8) is 0 Å². The van der Waals surface area contributed by atoms with Crippen molar-refractivity contribution in [1.82, 2.24) is 4.90 Å². The maximum Gasteiger partial charge on any atom is 0.266 e. The van der Waals surface area contributed by atoms with Gasteiger partial charge in [-0.05, 0) is 95.1 Å². The molecule has 1 saturated heterocycles. The average molecular weight is 525 g/mol. The lowest BCUT2D eigenvalue weighted by atomic mass is 10.2. The number of hydrogen-bond donors (Lipinski definition) is 0. The van der Waals surface area contributed by atoms with Gasteiger partial charge < -0.3 is 4.74 Å². The molecule has 1 heterocycles. The number of amidine groups is 1. The van der Waals surface area contributed by atoms with E-state index < -0.39 is 0 Å². The van der Waals surface area contributed by atoms with Gasteiger partial charge in [0.15, 0.2) is 5.17 Å². The van der Waals surface area contributed by atoms with Gasteiger partial charge in [0.1, 0.15) is 18.2 Å². The number of benzene rings is 3. The average Bonchev–Trinajstić information content (AvgIpc) is 3.09. The molecular formula is C26H22BrFN2O2S. The van der Waals surface area contributed by atoms with E-state index in [0.29, 0.717) is 22.4 Å². The van der Waals surface area contributed by atoms with Crippen LogP contribution >= 0.6 is 27.7 Å². The minimum Gasteiger partial charge on any atom is -0.488 e. The molecule has 4 rings (SSSR count). The lowest BCUT2D eigenvalue weighted by Gasteiger charge is -2.19. The van der Waals surface area contributed by atoms with E-state index in [0.717, 1.165) is 21.3 Å². The number of carbonyl (C=O) groups is 1. The van der Waals surface area contributed by atoms with Crippen molar-refractivity contribution in [3.05, 3.63) is 99.1 Å². The molecule has 0 spiro atoms. The monoisotopic (exact) mass is 524 g/mol. The van der Waals surface area contributed by atoms with E-state index in [1.807, 2.05) is 68.5 Å². The Balaban J connectivity index is 1.53. The fourth-order valence-electron chi connectivity index (χ4n) is 3.25. The van der Waals surface area contributed by atoms with Crippen molar-refractivity contribution in [2.45, 2.75) is 26.5 Å². The fraction of sp³-hybridized carbons (Fsp3) is 0.154. The van der Waals surface area contributed by atoms with Gasteiger partial charge in [0.2, 0.25) is 0 Å². The van der Waals surface area contributed by atoms with Gasteiger partial charge in [0.25, 0.3) is 5.91 Å². The minimum absolute atomic E-state index is 0.00710. The number of para-hydroxylation sites is 1. The van der Waals surface area contributed by atoms with Gasteiger partial charge in [0.05, 0.1) is 15.1 Å². The third-order valence-corrected chi connectivity index (χ3v) is 6.50. The standard InChI is InChI=1S/C26H22BrFN2O2S/c1-17(2)30-25(31)24(33-26(30)29-21-6-4-3-5-7-21)15-19-10-13-23(22(27)14-19)32-16-18-8-11-20(28)12-9-18/h3-15,17H,16H2,1-2H3/b24-15+,29-26?. The molecule has 3 aromatic rings. The number of carbonyl (C=O) groups excluding carboxylic acids is 1. The van der Waals surface area contributed by atoms with Crippen LogP contribution in [0.15, 0.2) is 87.2 Å². The molecule has 168 valence electrons. The van der Waals surface area contributed by atoms with Crippen LogP contribution in [0.4, 0.5) is 10.1 Å². The Morgan fingerprint density at radius 1 is 1.09 bits per heavy atom. The predicted octanol–water partition coefficient (Wildman–Crippen LogP) is 7.18. The zero-order valence-electron chi connectivity index (χ0n) is 18.2. The number of aliphatic imine (C=N–C) groups is 1. The van der Waals surface area contributed by atoms with Gasteiger partial charge >= 0.3 is 0 Å². The first-order valence-electron chi connectivity index (χ1n) is 10.4. The van der Waals surface area contributed by atoms with Crippen LogP contribution in [-0.4, -0.2) is 22.0 Å². The zero-order chi connectivity index (χ0) is 23.4. The Bertz CT molecular complexity index is 1210. The lowest BCUT2D eigenvalue weighted by Crippen LogP contribution is -2.35. The SMILES string of the molecule is CC(C)N1C(=O)/C(=C\c2ccc(OCc3ccc(F)cc3)c(Br)c2)SC1=Nc1ccccc1. The van der Waals surface area contributed by atoms with Crippen LogP contribution in [0.25, 0.3) is 6.08 Å². The maximum atomic E-state index is 13.1. The molecule has 1 fully saturated rings. The Morgan fingerprint density at radius 2 is 1.82 bits per heavy atom. The predicted molar refractivity (Wildman–Crippen MR) is 136 cm³/mol. The lowest BCUT2D eigenvalue weighted by molar-refractivity contribution is -0.123. The first kappa shape index (κ1) is 23.3. The molecule has 0 aliphatic carbocycles. The molecule has 1 aliphatic rings. The van der Waals surface area contributed by atoms with Crippen LogP contribution in [0, 0.1) is 5.82 Å². The van der Waals surface area contributed by atoms with Crippen LogP contribution < -0.4 is 4.74 Å². The molecule has 0 N–H and O–H groups in total. The highest BCUT2D eigenvalue weighted by Gasteiger charge is 2.35. The first-order chi connectivity index (χ1) is 15.9. The summed E-state index contributed by atoms with van der Waals surface area (Å²) < 4.78 is 19.7. The summed E-state index contributed by atoms with van der Waals surface area (Å²) >= 11 is 4.92. The van der Waals surface area contributed by atoms with Gasteiger partial charge in [-0.1, -0.05) is 36.4 Å². The van der Waals surface area contributed by atoms with Crippen LogP contribution in [0.3, 0.4) is 0 Å². The van der Waals surface area contributed by atoms with E-state index in [2.05, 4.69) is 20.9 Å². The molecule has 4 nitrogen and oxygen atoms in total. The number of hydrogen-bond acceptors (Lipinski definition) is 4.